The smallest absolute Gasteiger partial charge is 0.344 e. The average Bonchev–Trinajstić information content (AvgIpc) is 3.05. The van der Waals surface area contributed by atoms with Crippen LogP contribution in [0.4, 0.5) is 13.2 Å². The van der Waals surface area contributed by atoms with Gasteiger partial charge in [-0.05, 0) is 30.4 Å². The van der Waals surface area contributed by atoms with Crippen molar-refractivity contribution in [1.29, 1.82) is 0 Å². The van der Waals surface area contributed by atoms with Gasteiger partial charge in [0.25, 0.3) is 0 Å². The fraction of sp³-hybridized carbons (Fsp3) is 0.556. The number of amides is 2. The van der Waals surface area contributed by atoms with Crippen molar-refractivity contribution in [3.63, 3.8) is 0 Å². The Balaban J connectivity index is 2.17. The Kier molecular flexibility index (Phi) is 6.08. The van der Waals surface area contributed by atoms with E-state index in [1.165, 1.54) is 37.1 Å². The van der Waals surface area contributed by atoms with Gasteiger partial charge in [0, 0.05) is 20.5 Å². The largest absolute Gasteiger partial charge is 0.416 e. The van der Waals surface area contributed by atoms with Crippen molar-refractivity contribution in [3.05, 3.63) is 35.4 Å². The summed E-state index contributed by atoms with van der Waals surface area (Å²) in [5, 5.41) is 2.68. The Labute approximate surface area is 145 Å². The molecule has 1 atom stereocenters. The summed E-state index contributed by atoms with van der Waals surface area (Å²) in [7, 11) is 1.47. The number of hydrogen-bond donors (Lipinski definition) is 1. The third kappa shape index (κ3) is 4.96. The van der Waals surface area contributed by atoms with Crippen molar-refractivity contribution in [2.45, 2.75) is 51.4 Å². The molecule has 0 aliphatic heterocycles. The highest BCUT2D eigenvalue weighted by molar-refractivity contribution is 5.87. The van der Waals surface area contributed by atoms with Crippen LogP contribution in [0, 0.1) is 5.92 Å². The lowest BCUT2D eigenvalue weighted by molar-refractivity contribution is -0.140. The number of hydrogen-bond acceptors (Lipinski definition) is 2. The number of carbonyl (C=O) groups excluding carboxylic acids is 2. The van der Waals surface area contributed by atoms with Crippen molar-refractivity contribution in [2.75, 3.05) is 7.05 Å². The van der Waals surface area contributed by atoms with Crippen LogP contribution in [0.5, 0.6) is 0 Å². The van der Waals surface area contributed by atoms with Gasteiger partial charge in [0.2, 0.25) is 11.8 Å². The maximum atomic E-state index is 13.1. The number of alkyl halides is 3. The molecule has 138 valence electrons. The molecule has 1 aliphatic rings. The molecule has 1 fully saturated rings. The fourth-order valence-corrected chi connectivity index (χ4v) is 3.40. The van der Waals surface area contributed by atoms with Gasteiger partial charge < -0.3 is 10.2 Å². The molecule has 1 saturated carbocycles. The second-order valence-electron chi connectivity index (χ2n) is 6.57. The van der Waals surface area contributed by atoms with Gasteiger partial charge in [-0.2, -0.15) is 13.2 Å². The van der Waals surface area contributed by atoms with Gasteiger partial charge in [-0.3, -0.25) is 9.59 Å². The summed E-state index contributed by atoms with van der Waals surface area (Å²) in [6, 6.07) is 4.55. The lowest BCUT2D eigenvalue weighted by Gasteiger charge is -2.29. The summed E-state index contributed by atoms with van der Waals surface area (Å²) < 4.78 is 39.3. The summed E-state index contributed by atoms with van der Waals surface area (Å²) in [6.45, 7) is 1.19. The number of nitrogens with zero attached hydrogens (tertiary/aromatic N) is 1. The molecule has 0 heterocycles. The van der Waals surface area contributed by atoms with E-state index in [1.54, 1.807) is 0 Å². The Morgan fingerprint density at radius 3 is 2.40 bits per heavy atom. The minimum atomic E-state index is -4.47. The lowest BCUT2D eigenvalue weighted by Crippen LogP contribution is -2.50. The fourth-order valence-electron chi connectivity index (χ4n) is 3.40. The number of likely N-dealkylation sites (N-methyl/N-ethyl adjacent to an activating group) is 1. The molecule has 0 spiro atoms. The Bertz CT molecular complexity index is 625. The number of halogens is 3. The van der Waals surface area contributed by atoms with Crippen LogP contribution in [0.15, 0.2) is 24.3 Å². The highest BCUT2D eigenvalue weighted by Gasteiger charge is 2.35. The molecule has 1 N–H and O–H groups in total. The summed E-state index contributed by atoms with van der Waals surface area (Å²) in [6.07, 6.45) is -0.806. The Morgan fingerprint density at radius 1 is 1.24 bits per heavy atom. The van der Waals surface area contributed by atoms with Crippen molar-refractivity contribution >= 4 is 11.8 Å². The lowest BCUT2D eigenvalue weighted by atomic mass is 9.96. The maximum absolute atomic E-state index is 13.1. The molecule has 0 aromatic heterocycles. The molecule has 0 bridgehead atoms. The second kappa shape index (κ2) is 7.89. The van der Waals surface area contributed by atoms with E-state index in [9.17, 15) is 22.8 Å². The first-order chi connectivity index (χ1) is 11.7. The van der Waals surface area contributed by atoms with Crippen LogP contribution in [0.2, 0.25) is 0 Å². The highest BCUT2D eigenvalue weighted by atomic mass is 19.4. The quantitative estimate of drug-likeness (QED) is 0.880. The monoisotopic (exact) mass is 356 g/mol. The third-order valence-electron chi connectivity index (χ3n) is 4.60. The molecule has 0 radical (unpaired) electrons. The minimum absolute atomic E-state index is 0.0386. The predicted molar refractivity (Wildman–Crippen MR) is 87.5 cm³/mol. The summed E-state index contributed by atoms with van der Waals surface area (Å²) in [4.78, 5) is 25.5. The van der Waals surface area contributed by atoms with Crippen molar-refractivity contribution < 1.29 is 22.8 Å². The van der Waals surface area contributed by atoms with Gasteiger partial charge in [-0.25, -0.2) is 0 Å². The number of benzene rings is 1. The van der Waals surface area contributed by atoms with E-state index in [2.05, 4.69) is 5.32 Å². The second-order valence-corrected chi connectivity index (χ2v) is 6.57. The van der Waals surface area contributed by atoms with Gasteiger partial charge in [-0.1, -0.05) is 31.0 Å². The standard InChI is InChI=1S/C18H23F3N2O2/c1-12(24)22-16(13-7-3-4-8-13)17(25)23(2)11-14-9-5-6-10-15(14)18(19,20)21/h5-6,9-10,13,16H,3-4,7-8,11H2,1-2H3,(H,22,24). The first-order valence-electron chi connectivity index (χ1n) is 8.37. The zero-order chi connectivity index (χ0) is 18.6. The van der Waals surface area contributed by atoms with Crippen LogP contribution in [0.1, 0.15) is 43.7 Å². The van der Waals surface area contributed by atoms with E-state index in [1.807, 2.05) is 0 Å². The van der Waals surface area contributed by atoms with E-state index >= 15 is 0 Å². The first kappa shape index (κ1) is 19.3. The predicted octanol–water partition coefficient (Wildman–Crippen LogP) is 3.36. The van der Waals surface area contributed by atoms with E-state index in [-0.39, 0.29) is 29.8 Å². The normalized spacial score (nSPS) is 16.5. The van der Waals surface area contributed by atoms with Crippen LogP contribution < -0.4 is 5.32 Å². The molecule has 0 saturated heterocycles. The van der Waals surface area contributed by atoms with Gasteiger partial charge >= 0.3 is 6.18 Å². The summed E-state index contributed by atoms with van der Waals surface area (Å²) >= 11 is 0. The number of carbonyl (C=O) groups is 2. The van der Waals surface area contributed by atoms with Crippen LogP contribution >= 0.6 is 0 Å². The SMILES string of the molecule is CC(=O)NC(C(=O)N(C)Cc1ccccc1C(F)(F)F)C1CCCC1. The zero-order valence-corrected chi connectivity index (χ0v) is 14.4. The van der Waals surface area contributed by atoms with Crippen molar-refractivity contribution in [2.24, 2.45) is 5.92 Å². The number of rotatable bonds is 5. The molecule has 1 unspecified atom stereocenters. The van der Waals surface area contributed by atoms with Gasteiger partial charge in [0.15, 0.2) is 0 Å². The molecule has 1 aromatic rings. The maximum Gasteiger partial charge on any atom is 0.416 e. The third-order valence-corrected chi connectivity index (χ3v) is 4.60. The number of nitrogens with one attached hydrogen (secondary N) is 1. The van der Waals surface area contributed by atoms with Crippen LogP contribution in [-0.4, -0.2) is 29.8 Å². The highest BCUT2D eigenvalue weighted by Crippen LogP contribution is 2.33. The molecule has 25 heavy (non-hydrogen) atoms. The minimum Gasteiger partial charge on any atom is -0.344 e. The van der Waals surface area contributed by atoms with Crippen LogP contribution in [0.3, 0.4) is 0 Å². The van der Waals surface area contributed by atoms with Crippen LogP contribution in [0.25, 0.3) is 0 Å². The molecule has 1 aromatic carbocycles. The van der Waals surface area contributed by atoms with Gasteiger partial charge in [-0.15, -0.1) is 0 Å². The van der Waals surface area contributed by atoms with Crippen molar-refractivity contribution in [1.82, 2.24) is 10.2 Å². The molecular formula is C18H23F3N2O2. The Morgan fingerprint density at radius 2 is 1.84 bits per heavy atom. The Hall–Kier alpha value is -2.05. The van der Waals surface area contributed by atoms with Crippen molar-refractivity contribution in [3.8, 4) is 0 Å². The molecule has 2 amide bonds. The van der Waals surface area contributed by atoms with Crippen LogP contribution in [-0.2, 0) is 22.3 Å². The molecule has 1 aliphatic carbocycles. The zero-order valence-electron chi connectivity index (χ0n) is 14.4. The van der Waals surface area contributed by atoms with Gasteiger partial charge in [0.1, 0.15) is 6.04 Å². The molecular weight excluding hydrogens is 333 g/mol. The molecule has 4 nitrogen and oxygen atoms in total. The average molecular weight is 356 g/mol. The first-order valence-corrected chi connectivity index (χ1v) is 8.37. The van der Waals surface area contributed by atoms with E-state index in [0.29, 0.717) is 0 Å². The van der Waals surface area contributed by atoms with E-state index < -0.39 is 17.8 Å². The summed E-state index contributed by atoms with van der Waals surface area (Å²) in [5.41, 5.74) is -0.703. The van der Waals surface area contributed by atoms with E-state index in [4.69, 9.17) is 0 Å². The van der Waals surface area contributed by atoms with E-state index in [0.717, 1.165) is 31.7 Å². The molecule has 2 rings (SSSR count). The topological polar surface area (TPSA) is 49.4 Å². The summed E-state index contributed by atoms with van der Waals surface area (Å²) in [5.74, 6) is -0.620. The molecule has 7 heteroatoms. The van der Waals surface area contributed by atoms with Gasteiger partial charge in [0.05, 0.1) is 5.56 Å².